The SMILES string of the molecule is Cc1cc([N+]#N)c([N+](=O)[O-])cc1C.[Cl-]. The average molecular weight is 214 g/mol. The molecular weight excluding hydrogens is 206 g/mol. The van der Waals surface area contributed by atoms with E-state index in [0.717, 1.165) is 11.1 Å². The van der Waals surface area contributed by atoms with Crippen molar-refractivity contribution < 1.29 is 17.3 Å². The first-order chi connectivity index (χ1) is 6.06. The molecule has 1 aromatic carbocycles. The second-order valence-corrected chi connectivity index (χ2v) is 2.78. The Bertz CT molecular complexity index is 412. The highest BCUT2D eigenvalue weighted by Crippen LogP contribution is 2.29. The van der Waals surface area contributed by atoms with E-state index in [1.807, 2.05) is 0 Å². The largest absolute Gasteiger partial charge is 1.00 e. The van der Waals surface area contributed by atoms with E-state index < -0.39 is 4.92 Å². The molecule has 0 atom stereocenters. The summed E-state index contributed by atoms with van der Waals surface area (Å²) in [5.41, 5.74) is 1.48. The maximum Gasteiger partial charge on any atom is 0.461 e. The third-order valence-corrected chi connectivity index (χ3v) is 1.90. The van der Waals surface area contributed by atoms with E-state index in [0.29, 0.717) is 0 Å². The predicted octanol–water partition coefficient (Wildman–Crippen LogP) is -0.300. The number of nitro benzene ring substituents is 1. The van der Waals surface area contributed by atoms with E-state index in [9.17, 15) is 10.1 Å². The van der Waals surface area contributed by atoms with Gasteiger partial charge in [0.15, 0.2) is 4.98 Å². The molecule has 0 spiro atoms. The van der Waals surface area contributed by atoms with Gasteiger partial charge in [0.25, 0.3) is 0 Å². The first-order valence-corrected chi connectivity index (χ1v) is 3.67. The van der Waals surface area contributed by atoms with Crippen LogP contribution in [-0.2, 0) is 0 Å². The summed E-state index contributed by atoms with van der Waals surface area (Å²) in [4.78, 5) is 12.8. The number of diazo groups is 1. The van der Waals surface area contributed by atoms with Crippen LogP contribution in [0.5, 0.6) is 0 Å². The molecule has 0 amide bonds. The van der Waals surface area contributed by atoms with Gasteiger partial charge in [-0.1, -0.05) is 0 Å². The van der Waals surface area contributed by atoms with Crippen LogP contribution >= 0.6 is 0 Å². The van der Waals surface area contributed by atoms with Gasteiger partial charge >= 0.3 is 11.4 Å². The summed E-state index contributed by atoms with van der Waals surface area (Å²) in [6.07, 6.45) is 0. The molecule has 14 heavy (non-hydrogen) atoms. The highest BCUT2D eigenvalue weighted by Gasteiger charge is 2.25. The Morgan fingerprint density at radius 2 is 1.86 bits per heavy atom. The summed E-state index contributed by atoms with van der Waals surface area (Å²) in [7, 11) is 0. The predicted molar refractivity (Wildman–Crippen MR) is 47.3 cm³/mol. The Morgan fingerprint density at radius 1 is 1.36 bits per heavy atom. The minimum atomic E-state index is -0.568. The maximum atomic E-state index is 10.5. The highest BCUT2D eigenvalue weighted by atomic mass is 35.5. The van der Waals surface area contributed by atoms with E-state index in [4.69, 9.17) is 5.39 Å². The molecular formula is C8H8ClN3O2. The molecule has 0 heterocycles. The third kappa shape index (κ3) is 2.18. The standard InChI is InChI=1S/C8H8N3O2.ClH/c1-5-3-7(10-9)8(11(12)13)4-6(5)2;/h3-4H,1-2H3;1H/q+1;/p-1. The zero-order chi connectivity index (χ0) is 10.0. The van der Waals surface area contributed by atoms with Crippen molar-refractivity contribution in [3.05, 3.63) is 38.3 Å². The van der Waals surface area contributed by atoms with Crippen LogP contribution in [0, 0.1) is 29.4 Å². The molecule has 0 aromatic heterocycles. The molecule has 6 heteroatoms. The number of nitro groups is 1. The van der Waals surface area contributed by atoms with Crippen LogP contribution in [-0.4, -0.2) is 4.92 Å². The first kappa shape index (κ1) is 12.3. The molecule has 0 aliphatic carbocycles. The lowest BCUT2D eigenvalue weighted by atomic mass is 10.1. The van der Waals surface area contributed by atoms with Crippen molar-refractivity contribution in [1.82, 2.24) is 0 Å². The van der Waals surface area contributed by atoms with Crippen LogP contribution in [0.2, 0.25) is 0 Å². The Hall–Kier alpha value is -1.67. The summed E-state index contributed by atoms with van der Waals surface area (Å²) in [5.74, 6) is 0. The topological polar surface area (TPSA) is 71.3 Å². The van der Waals surface area contributed by atoms with Crippen molar-refractivity contribution in [2.45, 2.75) is 13.8 Å². The van der Waals surface area contributed by atoms with Crippen LogP contribution in [0.1, 0.15) is 11.1 Å². The number of aryl methyl sites for hydroxylation is 2. The normalized spacial score (nSPS) is 8.64. The number of halogens is 1. The highest BCUT2D eigenvalue weighted by molar-refractivity contribution is 5.64. The molecule has 1 aromatic rings. The van der Waals surface area contributed by atoms with Crippen molar-refractivity contribution >= 4 is 11.4 Å². The average Bonchev–Trinajstić information content (AvgIpc) is 2.08. The molecule has 0 bridgehead atoms. The Kier molecular flexibility index (Phi) is 3.99. The van der Waals surface area contributed by atoms with Crippen molar-refractivity contribution in [3.8, 4) is 0 Å². The van der Waals surface area contributed by atoms with Crippen LogP contribution in [0.25, 0.3) is 4.98 Å². The van der Waals surface area contributed by atoms with E-state index in [2.05, 4.69) is 4.98 Å². The lowest BCUT2D eigenvalue weighted by Crippen LogP contribution is -3.00. The second kappa shape index (κ2) is 4.53. The number of nitrogens with zero attached hydrogens (tertiary/aromatic N) is 3. The molecule has 0 saturated heterocycles. The second-order valence-electron chi connectivity index (χ2n) is 2.78. The van der Waals surface area contributed by atoms with E-state index in [1.165, 1.54) is 12.1 Å². The molecule has 0 unspecified atom stereocenters. The Balaban J connectivity index is 0.00000169. The fourth-order valence-corrected chi connectivity index (χ4v) is 1.01. The Labute approximate surface area is 86.9 Å². The lowest BCUT2D eigenvalue weighted by molar-refractivity contribution is -0.383. The summed E-state index contributed by atoms with van der Waals surface area (Å²) in [6, 6.07) is 2.87. The maximum absolute atomic E-state index is 10.5. The lowest BCUT2D eigenvalue weighted by Gasteiger charge is -1.95. The summed E-state index contributed by atoms with van der Waals surface area (Å²) < 4.78 is 0. The van der Waals surface area contributed by atoms with Crippen LogP contribution < -0.4 is 12.4 Å². The van der Waals surface area contributed by atoms with Gasteiger partial charge < -0.3 is 12.4 Å². The molecule has 0 aliphatic rings. The van der Waals surface area contributed by atoms with Gasteiger partial charge in [-0.3, -0.25) is 10.1 Å². The minimum absolute atomic E-state index is 0. The fourth-order valence-electron chi connectivity index (χ4n) is 1.01. The molecule has 74 valence electrons. The van der Waals surface area contributed by atoms with Crippen LogP contribution in [0.3, 0.4) is 0 Å². The molecule has 5 nitrogen and oxygen atoms in total. The number of hydrogen-bond donors (Lipinski definition) is 0. The smallest absolute Gasteiger partial charge is 0.461 e. The number of benzene rings is 1. The summed E-state index contributed by atoms with van der Waals surface area (Å²) in [5, 5.41) is 19.0. The third-order valence-electron chi connectivity index (χ3n) is 1.90. The van der Waals surface area contributed by atoms with Gasteiger partial charge in [0.2, 0.25) is 5.39 Å². The van der Waals surface area contributed by atoms with Gasteiger partial charge in [0.05, 0.1) is 4.92 Å². The zero-order valence-corrected chi connectivity index (χ0v) is 8.45. The monoisotopic (exact) mass is 213 g/mol. The van der Waals surface area contributed by atoms with Gasteiger partial charge in [0, 0.05) is 12.1 Å². The minimum Gasteiger partial charge on any atom is -1.00 e. The van der Waals surface area contributed by atoms with Crippen molar-refractivity contribution in [3.63, 3.8) is 0 Å². The molecule has 0 radical (unpaired) electrons. The van der Waals surface area contributed by atoms with Gasteiger partial charge in [-0.15, -0.1) is 0 Å². The Morgan fingerprint density at radius 3 is 2.29 bits per heavy atom. The molecule has 0 fully saturated rings. The molecule has 0 saturated carbocycles. The molecule has 0 N–H and O–H groups in total. The van der Waals surface area contributed by atoms with E-state index in [1.54, 1.807) is 13.8 Å². The fraction of sp³-hybridized carbons (Fsp3) is 0.250. The van der Waals surface area contributed by atoms with Gasteiger partial charge in [-0.05, 0) is 25.0 Å². The number of rotatable bonds is 1. The van der Waals surface area contributed by atoms with Crippen molar-refractivity contribution in [2.75, 3.05) is 0 Å². The van der Waals surface area contributed by atoms with E-state index in [-0.39, 0.29) is 23.8 Å². The van der Waals surface area contributed by atoms with Gasteiger partial charge in [-0.25, -0.2) is 0 Å². The van der Waals surface area contributed by atoms with Crippen molar-refractivity contribution in [2.24, 2.45) is 0 Å². The summed E-state index contributed by atoms with van der Waals surface area (Å²) >= 11 is 0. The molecule has 1 rings (SSSR count). The van der Waals surface area contributed by atoms with Gasteiger partial charge in [0.1, 0.15) is 0 Å². The van der Waals surface area contributed by atoms with Gasteiger partial charge in [-0.2, -0.15) is 0 Å². The first-order valence-electron chi connectivity index (χ1n) is 3.67. The van der Waals surface area contributed by atoms with Crippen LogP contribution in [0.15, 0.2) is 12.1 Å². The quantitative estimate of drug-likeness (QED) is 0.365. The van der Waals surface area contributed by atoms with E-state index >= 15 is 0 Å². The number of hydrogen-bond acceptors (Lipinski definition) is 3. The van der Waals surface area contributed by atoms with Crippen molar-refractivity contribution in [1.29, 1.82) is 5.39 Å². The van der Waals surface area contributed by atoms with Crippen LogP contribution in [0.4, 0.5) is 11.4 Å². The zero-order valence-electron chi connectivity index (χ0n) is 7.69. The molecule has 0 aliphatic heterocycles. The summed E-state index contributed by atoms with van der Waals surface area (Å²) in [6.45, 7) is 3.57.